The van der Waals surface area contributed by atoms with E-state index in [1.807, 2.05) is 19.1 Å². The molecule has 0 fully saturated rings. The van der Waals surface area contributed by atoms with Crippen molar-refractivity contribution in [2.45, 2.75) is 11.8 Å². The first kappa shape index (κ1) is 15.9. The van der Waals surface area contributed by atoms with Crippen molar-refractivity contribution in [2.24, 2.45) is 0 Å². The van der Waals surface area contributed by atoms with Crippen LogP contribution in [-0.4, -0.2) is 15.0 Å². The van der Waals surface area contributed by atoms with Gasteiger partial charge >= 0.3 is 0 Å². The van der Waals surface area contributed by atoms with Crippen LogP contribution in [0.15, 0.2) is 53.4 Å². The maximum Gasteiger partial charge on any atom is 0.265 e. The van der Waals surface area contributed by atoms with Crippen molar-refractivity contribution in [3.05, 3.63) is 57.7 Å². The molecule has 0 aliphatic heterocycles. The normalized spacial score (nSPS) is 10.9. The lowest BCUT2D eigenvalue weighted by molar-refractivity contribution is 0.593. The summed E-state index contributed by atoms with van der Waals surface area (Å²) in [6.45, 7) is 1.91. The van der Waals surface area contributed by atoms with Crippen molar-refractivity contribution in [2.75, 3.05) is 10.8 Å². The van der Waals surface area contributed by atoms with Gasteiger partial charge in [0, 0.05) is 3.57 Å². The number of terminal acetylenes is 1. The second-order valence-electron chi connectivity index (χ2n) is 4.48. The molecular weight excluding hydrogens is 397 g/mol. The Morgan fingerprint density at radius 1 is 1.14 bits per heavy atom. The highest BCUT2D eigenvalue weighted by Crippen LogP contribution is 2.27. The van der Waals surface area contributed by atoms with Crippen LogP contribution in [0.2, 0.25) is 0 Å². The molecule has 0 heterocycles. The lowest BCUT2D eigenvalue weighted by Gasteiger charge is -2.23. The van der Waals surface area contributed by atoms with Gasteiger partial charge in [0.1, 0.15) is 0 Å². The number of hydrogen-bond donors (Lipinski definition) is 0. The molecule has 0 unspecified atom stereocenters. The Morgan fingerprint density at radius 3 is 2.33 bits per heavy atom. The third-order valence-electron chi connectivity index (χ3n) is 2.97. The molecule has 0 N–H and O–H groups in total. The fourth-order valence-electron chi connectivity index (χ4n) is 1.87. The highest BCUT2D eigenvalue weighted by atomic mass is 127. The van der Waals surface area contributed by atoms with E-state index in [1.165, 1.54) is 4.31 Å². The minimum absolute atomic E-state index is 0.00375. The third-order valence-corrected chi connectivity index (χ3v) is 5.65. The standard InChI is InChI=1S/C16H14INO2S/c1-3-12-18(16-7-5-4-6-15(16)17)21(19,20)14-10-8-13(2)9-11-14/h1,4-11H,12H2,2H3. The second-order valence-corrected chi connectivity index (χ2v) is 7.50. The second kappa shape index (κ2) is 6.50. The molecule has 0 radical (unpaired) electrons. The monoisotopic (exact) mass is 411 g/mol. The average molecular weight is 411 g/mol. The van der Waals surface area contributed by atoms with Gasteiger partial charge < -0.3 is 0 Å². The van der Waals surface area contributed by atoms with Crippen molar-refractivity contribution >= 4 is 38.3 Å². The number of sulfonamides is 1. The van der Waals surface area contributed by atoms with E-state index in [-0.39, 0.29) is 11.4 Å². The molecule has 0 amide bonds. The topological polar surface area (TPSA) is 37.4 Å². The van der Waals surface area contributed by atoms with Gasteiger partial charge in [-0.25, -0.2) is 8.42 Å². The van der Waals surface area contributed by atoms with Gasteiger partial charge in [-0.15, -0.1) is 6.42 Å². The predicted molar refractivity (Wildman–Crippen MR) is 93.7 cm³/mol. The molecule has 3 nitrogen and oxygen atoms in total. The minimum Gasteiger partial charge on any atom is -0.253 e. The van der Waals surface area contributed by atoms with Gasteiger partial charge in [-0.1, -0.05) is 35.7 Å². The zero-order valence-electron chi connectivity index (χ0n) is 11.5. The maximum absolute atomic E-state index is 12.8. The van der Waals surface area contributed by atoms with Gasteiger partial charge in [-0.05, 0) is 53.8 Å². The van der Waals surface area contributed by atoms with Crippen molar-refractivity contribution in [1.82, 2.24) is 0 Å². The number of hydrogen-bond acceptors (Lipinski definition) is 2. The van der Waals surface area contributed by atoms with Crippen LogP contribution >= 0.6 is 22.6 Å². The van der Waals surface area contributed by atoms with E-state index in [4.69, 9.17) is 6.42 Å². The van der Waals surface area contributed by atoms with Gasteiger partial charge in [0.25, 0.3) is 10.0 Å². The zero-order chi connectivity index (χ0) is 15.5. The number of halogens is 1. The Kier molecular flexibility index (Phi) is 4.91. The SMILES string of the molecule is C#CCN(c1ccccc1I)S(=O)(=O)c1ccc(C)cc1. The Hall–Kier alpha value is -1.52. The van der Waals surface area contributed by atoms with Crippen molar-refractivity contribution in [3.8, 4) is 12.3 Å². The maximum atomic E-state index is 12.8. The molecule has 5 heteroatoms. The average Bonchev–Trinajstić information content (AvgIpc) is 2.46. The van der Waals surface area contributed by atoms with E-state index in [9.17, 15) is 8.42 Å². The fourth-order valence-corrected chi connectivity index (χ4v) is 4.11. The summed E-state index contributed by atoms with van der Waals surface area (Å²) in [6, 6.07) is 14.0. The van der Waals surface area contributed by atoms with E-state index >= 15 is 0 Å². The van der Waals surface area contributed by atoms with Crippen LogP contribution in [0.25, 0.3) is 0 Å². The van der Waals surface area contributed by atoms with Gasteiger partial charge in [0.15, 0.2) is 0 Å². The van der Waals surface area contributed by atoms with Crippen LogP contribution in [0.3, 0.4) is 0 Å². The summed E-state index contributed by atoms with van der Waals surface area (Å²) in [4.78, 5) is 0.239. The van der Waals surface area contributed by atoms with E-state index < -0.39 is 10.0 Å². The van der Waals surface area contributed by atoms with E-state index in [2.05, 4.69) is 28.5 Å². The van der Waals surface area contributed by atoms with Crippen LogP contribution in [0.1, 0.15) is 5.56 Å². The third kappa shape index (κ3) is 3.39. The molecule has 0 aliphatic carbocycles. The molecule has 0 bridgehead atoms. The van der Waals surface area contributed by atoms with Crippen LogP contribution < -0.4 is 4.31 Å². The molecule has 0 saturated carbocycles. The molecule has 0 saturated heterocycles. The first-order valence-corrected chi connectivity index (χ1v) is 8.76. The van der Waals surface area contributed by atoms with Crippen LogP contribution in [-0.2, 0) is 10.0 Å². The van der Waals surface area contributed by atoms with Crippen LogP contribution in [0.4, 0.5) is 5.69 Å². The molecule has 0 atom stereocenters. The smallest absolute Gasteiger partial charge is 0.253 e. The Balaban J connectivity index is 2.55. The molecule has 2 aromatic rings. The molecular formula is C16H14INO2S. The van der Waals surface area contributed by atoms with Crippen LogP contribution in [0.5, 0.6) is 0 Å². The van der Waals surface area contributed by atoms with Gasteiger partial charge in [0.2, 0.25) is 0 Å². The Morgan fingerprint density at radius 2 is 1.76 bits per heavy atom. The summed E-state index contributed by atoms with van der Waals surface area (Å²) in [5.74, 6) is 2.42. The van der Waals surface area contributed by atoms with Gasteiger partial charge in [-0.3, -0.25) is 4.31 Å². The van der Waals surface area contributed by atoms with Crippen molar-refractivity contribution < 1.29 is 8.42 Å². The number of para-hydroxylation sites is 1. The highest BCUT2D eigenvalue weighted by Gasteiger charge is 2.25. The lowest BCUT2D eigenvalue weighted by Crippen LogP contribution is -2.32. The number of nitrogens with zero attached hydrogens (tertiary/aromatic N) is 1. The number of rotatable bonds is 4. The predicted octanol–water partition coefficient (Wildman–Crippen LogP) is 3.43. The first-order valence-electron chi connectivity index (χ1n) is 6.24. The molecule has 21 heavy (non-hydrogen) atoms. The quantitative estimate of drug-likeness (QED) is 0.571. The number of anilines is 1. The summed E-state index contributed by atoms with van der Waals surface area (Å²) in [5.41, 5.74) is 1.60. The molecule has 2 rings (SSSR count). The van der Waals surface area contributed by atoms with E-state index in [1.54, 1.807) is 36.4 Å². The summed E-state index contributed by atoms with van der Waals surface area (Å²) in [7, 11) is -3.67. The number of aryl methyl sites for hydroxylation is 1. The van der Waals surface area contributed by atoms with Gasteiger partial charge in [-0.2, -0.15) is 0 Å². The first-order chi connectivity index (χ1) is 9.96. The molecule has 0 aromatic heterocycles. The number of benzene rings is 2. The molecule has 2 aromatic carbocycles. The minimum atomic E-state index is -3.67. The van der Waals surface area contributed by atoms with E-state index in [0.717, 1.165) is 9.13 Å². The summed E-state index contributed by atoms with van der Waals surface area (Å²) in [6.07, 6.45) is 5.36. The molecule has 108 valence electrons. The van der Waals surface area contributed by atoms with Crippen molar-refractivity contribution in [1.29, 1.82) is 0 Å². The summed E-state index contributed by atoms with van der Waals surface area (Å²) in [5, 5.41) is 0. The highest BCUT2D eigenvalue weighted by molar-refractivity contribution is 14.1. The van der Waals surface area contributed by atoms with Crippen LogP contribution in [0, 0.1) is 22.8 Å². The van der Waals surface area contributed by atoms with E-state index in [0.29, 0.717) is 5.69 Å². The Bertz CT molecular complexity index is 777. The largest absolute Gasteiger partial charge is 0.265 e. The van der Waals surface area contributed by atoms with Crippen molar-refractivity contribution in [3.63, 3.8) is 0 Å². The zero-order valence-corrected chi connectivity index (χ0v) is 14.4. The summed E-state index contributed by atoms with van der Waals surface area (Å²) < 4.78 is 27.7. The Labute approximate surface area is 139 Å². The lowest BCUT2D eigenvalue weighted by atomic mass is 10.2. The van der Waals surface area contributed by atoms with Gasteiger partial charge in [0.05, 0.1) is 17.1 Å². The summed E-state index contributed by atoms with van der Waals surface area (Å²) >= 11 is 2.11. The molecule has 0 aliphatic rings. The fraction of sp³-hybridized carbons (Fsp3) is 0.125. The molecule has 0 spiro atoms.